The molecule has 1 rings (SSSR count). The third-order valence-corrected chi connectivity index (χ3v) is 2.74. The Hall–Kier alpha value is -0.970. The van der Waals surface area contributed by atoms with Gasteiger partial charge in [0.05, 0.1) is 12.1 Å². The predicted molar refractivity (Wildman–Crippen MR) is 64.8 cm³/mol. The summed E-state index contributed by atoms with van der Waals surface area (Å²) in [6, 6.07) is 4.15. The summed E-state index contributed by atoms with van der Waals surface area (Å²) in [7, 11) is 1.73. The average Bonchev–Trinajstić information content (AvgIpc) is 2.35. The minimum absolute atomic E-state index is 0.146. The van der Waals surface area contributed by atoms with Crippen LogP contribution < -0.4 is 11.3 Å². The Morgan fingerprint density at radius 3 is 2.62 bits per heavy atom. The summed E-state index contributed by atoms with van der Waals surface area (Å²) < 4.78 is 5.46. The number of nitrogens with two attached hydrogens (primary N) is 1. The number of rotatable bonds is 7. The van der Waals surface area contributed by atoms with Crippen LogP contribution in [-0.2, 0) is 11.2 Å². The molecule has 0 aliphatic heterocycles. The van der Waals surface area contributed by atoms with Crippen LogP contribution in [0.4, 0.5) is 0 Å². The van der Waals surface area contributed by atoms with Crippen molar-refractivity contribution in [1.29, 1.82) is 0 Å². The maximum absolute atomic E-state index is 5.58. The van der Waals surface area contributed by atoms with Gasteiger partial charge < -0.3 is 4.74 Å². The second-order valence-electron chi connectivity index (χ2n) is 3.90. The molecular weight excluding hydrogens is 202 g/mol. The van der Waals surface area contributed by atoms with Crippen LogP contribution in [0, 0.1) is 0 Å². The van der Waals surface area contributed by atoms with Gasteiger partial charge in [-0.05, 0) is 30.5 Å². The van der Waals surface area contributed by atoms with Crippen molar-refractivity contribution < 1.29 is 4.74 Å². The van der Waals surface area contributed by atoms with E-state index in [-0.39, 0.29) is 12.1 Å². The molecule has 0 saturated heterocycles. The number of hydrogen-bond donors (Lipinski definition) is 2. The van der Waals surface area contributed by atoms with Crippen molar-refractivity contribution in [2.45, 2.75) is 38.3 Å². The normalized spacial score (nSPS) is 14.7. The molecule has 0 saturated carbocycles. The number of nitrogens with zero attached hydrogens (tertiary/aromatic N) is 1. The zero-order valence-electron chi connectivity index (χ0n) is 10.0. The molecule has 2 unspecified atom stereocenters. The van der Waals surface area contributed by atoms with E-state index in [2.05, 4.69) is 17.3 Å². The SMILES string of the molecule is CCCC(OC)C(Cc1ccncc1)NN. The lowest BCUT2D eigenvalue weighted by Crippen LogP contribution is -2.46. The van der Waals surface area contributed by atoms with E-state index in [0.717, 1.165) is 19.3 Å². The highest BCUT2D eigenvalue weighted by Gasteiger charge is 2.19. The second-order valence-corrected chi connectivity index (χ2v) is 3.90. The molecule has 2 atom stereocenters. The summed E-state index contributed by atoms with van der Waals surface area (Å²) in [6.07, 6.45) is 6.71. The van der Waals surface area contributed by atoms with Gasteiger partial charge in [-0.3, -0.25) is 16.3 Å². The molecule has 0 aliphatic carbocycles. The second kappa shape index (κ2) is 7.33. The van der Waals surface area contributed by atoms with Gasteiger partial charge in [0.1, 0.15) is 0 Å². The Morgan fingerprint density at radius 2 is 2.12 bits per heavy atom. The molecule has 0 radical (unpaired) electrons. The van der Waals surface area contributed by atoms with E-state index in [1.165, 1.54) is 5.56 Å². The topological polar surface area (TPSA) is 60.2 Å². The quantitative estimate of drug-likeness (QED) is 0.540. The van der Waals surface area contributed by atoms with Crippen molar-refractivity contribution in [2.24, 2.45) is 5.84 Å². The zero-order chi connectivity index (χ0) is 11.8. The maximum Gasteiger partial charge on any atom is 0.0740 e. The van der Waals surface area contributed by atoms with Crippen LogP contribution in [0.1, 0.15) is 25.3 Å². The van der Waals surface area contributed by atoms with Crippen LogP contribution in [0.2, 0.25) is 0 Å². The van der Waals surface area contributed by atoms with E-state index in [1.807, 2.05) is 12.1 Å². The summed E-state index contributed by atoms with van der Waals surface area (Å²) in [5.41, 5.74) is 4.06. The smallest absolute Gasteiger partial charge is 0.0740 e. The first-order valence-corrected chi connectivity index (χ1v) is 5.69. The Bertz CT molecular complexity index is 279. The molecule has 4 heteroatoms. The highest BCUT2D eigenvalue weighted by molar-refractivity contribution is 5.11. The van der Waals surface area contributed by atoms with E-state index in [0.29, 0.717) is 0 Å². The van der Waals surface area contributed by atoms with Crippen LogP contribution >= 0.6 is 0 Å². The van der Waals surface area contributed by atoms with Crippen LogP contribution in [0.25, 0.3) is 0 Å². The third kappa shape index (κ3) is 3.89. The number of hydrogen-bond acceptors (Lipinski definition) is 4. The fourth-order valence-electron chi connectivity index (χ4n) is 1.84. The summed E-state index contributed by atoms with van der Waals surface area (Å²) in [4.78, 5) is 4.00. The van der Waals surface area contributed by atoms with E-state index >= 15 is 0 Å². The Kier molecular flexibility index (Phi) is 6.00. The van der Waals surface area contributed by atoms with Crippen molar-refractivity contribution in [3.63, 3.8) is 0 Å². The summed E-state index contributed by atoms with van der Waals surface area (Å²) in [5, 5.41) is 0. The van der Waals surface area contributed by atoms with Crippen molar-refractivity contribution in [3.8, 4) is 0 Å². The van der Waals surface area contributed by atoms with Gasteiger partial charge in [0, 0.05) is 19.5 Å². The highest BCUT2D eigenvalue weighted by atomic mass is 16.5. The molecule has 4 nitrogen and oxygen atoms in total. The predicted octanol–water partition coefficient (Wildman–Crippen LogP) is 1.27. The van der Waals surface area contributed by atoms with Gasteiger partial charge >= 0.3 is 0 Å². The number of ether oxygens (including phenoxy) is 1. The maximum atomic E-state index is 5.58. The molecule has 1 heterocycles. The Morgan fingerprint density at radius 1 is 1.44 bits per heavy atom. The molecule has 0 fully saturated rings. The first kappa shape index (κ1) is 13.1. The van der Waals surface area contributed by atoms with Crippen molar-refractivity contribution in [3.05, 3.63) is 30.1 Å². The standard InChI is InChI=1S/C12H21N3O/c1-3-4-12(16-2)11(15-13)9-10-5-7-14-8-6-10/h5-8,11-12,15H,3-4,9,13H2,1-2H3. The molecule has 3 N–H and O–H groups in total. The first-order chi connectivity index (χ1) is 7.81. The zero-order valence-corrected chi connectivity index (χ0v) is 10.0. The fourth-order valence-corrected chi connectivity index (χ4v) is 1.84. The highest BCUT2D eigenvalue weighted by Crippen LogP contribution is 2.11. The minimum atomic E-state index is 0.146. The van der Waals surface area contributed by atoms with E-state index in [9.17, 15) is 0 Å². The van der Waals surface area contributed by atoms with Gasteiger partial charge in [-0.1, -0.05) is 13.3 Å². The molecule has 0 spiro atoms. The van der Waals surface area contributed by atoms with E-state index in [4.69, 9.17) is 10.6 Å². The Balaban J connectivity index is 2.60. The summed E-state index contributed by atoms with van der Waals surface area (Å²) in [6.45, 7) is 2.14. The van der Waals surface area contributed by atoms with Crippen molar-refractivity contribution >= 4 is 0 Å². The van der Waals surface area contributed by atoms with Crippen LogP contribution in [-0.4, -0.2) is 24.2 Å². The van der Waals surface area contributed by atoms with Crippen LogP contribution in [0.5, 0.6) is 0 Å². The lowest BCUT2D eigenvalue weighted by molar-refractivity contribution is 0.0609. The molecule has 1 aromatic rings. The Labute approximate surface area is 97.2 Å². The minimum Gasteiger partial charge on any atom is -0.380 e. The molecule has 0 aliphatic rings. The van der Waals surface area contributed by atoms with Crippen LogP contribution in [0.3, 0.4) is 0 Å². The van der Waals surface area contributed by atoms with Gasteiger partial charge in [0.15, 0.2) is 0 Å². The van der Waals surface area contributed by atoms with Gasteiger partial charge in [-0.25, -0.2) is 0 Å². The van der Waals surface area contributed by atoms with E-state index < -0.39 is 0 Å². The molecule has 16 heavy (non-hydrogen) atoms. The number of methoxy groups -OCH3 is 1. The first-order valence-electron chi connectivity index (χ1n) is 5.69. The third-order valence-electron chi connectivity index (χ3n) is 2.74. The van der Waals surface area contributed by atoms with Gasteiger partial charge in [-0.15, -0.1) is 0 Å². The summed E-state index contributed by atoms with van der Waals surface area (Å²) in [5.74, 6) is 5.58. The molecule has 1 aromatic heterocycles. The molecule has 0 aromatic carbocycles. The summed E-state index contributed by atoms with van der Waals surface area (Å²) >= 11 is 0. The van der Waals surface area contributed by atoms with Crippen molar-refractivity contribution in [2.75, 3.05) is 7.11 Å². The lowest BCUT2D eigenvalue weighted by Gasteiger charge is -2.25. The molecular formula is C12H21N3O. The molecule has 0 bridgehead atoms. The number of hydrazine groups is 1. The van der Waals surface area contributed by atoms with Crippen LogP contribution in [0.15, 0.2) is 24.5 Å². The fraction of sp³-hybridized carbons (Fsp3) is 0.583. The number of aromatic nitrogens is 1. The average molecular weight is 223 g/mol. The largest absolute Gasteiger partial charge is 0.380 e. The number of pyridine rings is 1. The van der Waals surface area contributed by atoms with E-state index in [1.54, 1.807) is 19.5 Å². The molecule has 90 valence electrons. The number of nitrogens with one attached hydrogen (secondary N) is 1. The van der Waals surface area contributed by atoms with Crippen molar-refractivity contribution in [1.82, 2.24) is 10.4 Å². The van der Waals surface area contributed by atoms with Gasteiger partial charge in [-0.2, -0.15) is 0 Å². The molecule has 0 amide bonds. The van der Waals surface area contributed by atoms with Gasteiger partial charge in [0.25, 0.3) is 0 Å². The monoisotopic (exact) mass is 223 g/mol. The lowest BCUT2D eigenvalue weighted by atomic mass is 9.99. The van der Waals surface area contributed by atoms with Gasteiger partial charge in [0.2, 0.25) is 0 Å².